The van der Waals surface area contributed by atoms with Crippen molar-refractivity contribution in [3.05, 3.63) is 0 Å². The number of sulfonamides is 1. The first-order valence-corrected chi connectivity index (χ1v) is 5.76. The lowest BCUT2D eigenvalue weighted by Gasteiger charge is -2.02. The highest BCUT2D eigenvalue weighted by Crippen LogP contribution is 2.37. The molecule has 66 valence electrons. The van der Waals surface area contributed by atoms with Crippen molar-refractivity contribution in [2.24, 2.45) is 11.8 Å². The molecule has 0 saturated heterocycles. The molecule has 3 nitrogen and oxygen atoms in total. The molecule has 11 heavy (non-hydrogen) atoms. The van der Waals surface area contributed by atoms with Gasteiger partial charge in [0.2, 0.25) is 10.0 Å². The molecule has 0 aromatic carbocycles. The molecule has 0 aliphatic heterocycles. The van der Waals surface area contributed by atoms with Crippen LogP contribution in [0.5, 0.6) is 0 Å². The zero-order chi connectivity index (χ0) is 8.65. The van der Waals surface area contributed by atoms with Gasteiger partial charge in [-0.15, -0.1) is 0 Å². The molecule has 0 heterocycles. The molecular weight excluding hydrogens is 162 g/mol. The van der Waals surface area contributed by atoms with Crippen molar-refractivity contribution in [1.82, 2.24) is 4.72 Å². The number of nitrogens with one attached hydrogen (secondary N) is 1. The Morgan fingerprint density at radius 1 is 1.45 bits per heavy atom. The maximum absolute atomic E-state index is 10.7. The maximum Gasteiger partial charge on any atom is 0.208 e. The molecule has 1 aliphatic carbocycles. The van der Waals surface area contributed by atoms with E-state index in [0.29, 0.717) is 11.8 Å². The van der Waals surface area contributed by atoms with Crippen molar-refractivity contribution >= 4 is 10.0 Å². The molecule has 0 bridgehead atoms. The lowest BCUT2D eigenvalue weighted by molar-refractivity contribution is 0.530. The number of rotatable bonds is 3. The largest absolute Gasteiger partial charge is 0.213 e. The van der Waals surface area contributed by atoms with Gasteiger partial charge in [0, 0.05) is 6.04 Å². The Bertz CT molecular complexity index is 233. The molecule has 2 atom stereocenters. The standard InChI is InChI=1S/C7H15NO2S/c1-5(2)6-4-7(6)8-11(3,9)10/h5-8H,4H2,1-3H3/t6-,7-/m0/s1. The van der Waals surface area contributed by atoms with Crippen LogP contribution in [0.4, 0.5) is 0 Å². The Labute approximate surface area is 68.2 Å². The Kier molecular flexibility index (Phi) is 2.25. The van der Waals surface area contributed by atoms with Crippen LogP contribution in [-0.2, 0) is 10.0 Å². The quantitative estimate of drug-likeness (QED) is 0.685. The molecule has 1 fully saturated rings. The summed E-state index contributed by atoms with van der Waals surface area (Å²) in [6.07, 6.45) is 2.22. The molecule has 0 radical (unpaired) electrons. The van der Waals surface area contributed by atoms with Crippen LogP contribution < -0.4 is 4.72 Å². The fourth-order valence-corrected chi connectivity index (χ4v) is 2.18. The van der Waals surface area contributed by atoms with Crippen LogP contribution in [-0.4, -0.2) is 20.7 Å². The van der Waals surface area contributed by atoms with Gasteiger partial charge < -0.3 is 0 Å². The fraction of sp³-hybridized carbons (Fsp3) is 1.00. The van der Waals surface area contributed by atoms with Crippen molar-refractivity contribution in [2.75, 3.05) is 6.26 Å². The van der Waals surface area contributed by atoms with E-state index >= 15 is 0 Å². The van der Waals surface area contributed by atoms with E-state index in [0.717, 1.165) is 6.42 Å². The molecule has 0 aromatic rings. The number of hydrogen-bond donors (Lipinski definition) is 1. The van der Waals surface area contributed by atoms with Crippen LogP contribution >= 0.6 is 0 Å². The molecule has 4 heteroatoms. The van der Waals surface area contributed by atoms with E-state index in [4.69, 9.17) is 0 Å². The third-order valence-electron chi connectivity index (χ3n) is 2.06. The van der Waals surface area contributed by atoms with Gasteiger partial charge in [-0.1, -0.05) is 13.8 Å². The van der Waals surface area contributed by atoms with E-state index in [9.17, 15) is 8.42 Å². The van der Waals surface area contributed by atoms with Gasteiger partial charge in [0.25, 0.3) is 0 Å². The molecule has 0 amide bonds. The average molecular weight is 177 g/mol. The van der Waals surface area contributed by atoms with Crippen molar-refractivity contribution in [3.63, 3.8) is 0 Å². The zero-order valence-corrected chi connectivity index (χ0v) is 7.98. The van der Waals surface area contributed by atoms with Crippen LogP contribution in [0.15, 0.2) is 0 Å². The summed E-state index contributed by atoms with van der Waals surface area (Å²) in [5.41, 5.74) is 0. The highest BCUT2D eigenvalue weighted by atomic mass is 32.2. The second kappa shape index (κ2) is 2.75. The predicted octanol–water partition coefficient (Wildman–Crippen LogP) is 0.580. The Hall–Kier alpha value is -0.0900. The zero-order valence-electron chi connectivity index (χ0n) is 7.16. The SMILES string of the molecule is CC(C)[C@@H]1C[C@@H]1NS(C)(=O)=O. The van der Waals surface area contributed by atoms with E-state index in [1.807, 2.05) is 0 Å². The van der Waals surface area contributed by atoms with E-state index in [1.54, 1.807) is 0 Å². The summed E-state index contributed by atoms with van der Waals surface area (Å²) in [6.45, 7) is 4.24. The van der Waals surface area contributed by atoms with Gasteiger partial charge in [-0.05, 0) is 18.3 Å². The summed E-state index contributed by atoms with van der Waals surface area (Å²) in [4.78, 5) is 0. The smallest absolute Gasteiger partial charge is 0.208 e. The predicted molar refractivity (Wildman–Crippen MR) is 44.7 cm³/mol. The minimum absolute atomic E-state index is 0.213. The van der Waals surface area contributed by atoms with Crippen LogP contribution in [0.2, 0.25) is 0 Å². The van der Waals surface area contributed by atoms with E-state index in [1.165, 1.54) is 6.26 Å². The van der Waals surface area contributed by atoms with E-state index in [-0.39, 0.29) is 6.04 Å². The summed E-state index contributed by atoms with van der Waals surface area (Å²) < 4.78 is 24.1. The maximum atomic E-state index is 10.7. The first-order valence-electron chi connectivity index (χ1n) is 3.87. The minimum atomic E-state index is -2.98. The fourth-order valence-electron chi connectivity index (χ4n) is 1.36. The van der Waals surface area contributed by atoms with Crippen molar-refractivity contribution in [1.29, 1.82) is 0 Å². The van der Waals surface area contributed by atoms with Gasteiger partial charge in [0.15, 0.2) is 0 Å². The lowest BCUT2D eigenvalue weighted by atomic mass is 10.1. The van der Waals surface area contributed by atoms with Crippen molar-refractivity contribution in [2.45, 2.75) is 26.3 Å². The molecule has 1 N–H and O–H groups in total. The van der Waals surface area contributed by atoms with Crippen LogP contribution in [0, 0.1) is 11.8 Å². The Morgan fingerprint density at radius 2 is 2.00 bits per heavy atom. The topological polar surface area (TPSA) is 46.2 Å². The third kappa shape index (κ3) is 2.79. The molecule has 1 saturated carbocycles. The van der Waals surface area contributed by atoms with Crippen LogP contribution in [0.3, 0.4) is 0 Å². The van der Waals surface area contributed by atoms with Gasteiger partial charge in [-0.2, -0.15) is 0 Å². The monoisotopic (exact) mass is 177 g/mol. The van der Waals surface area contributed by atoms with Gasteiger partial charge in [-0.25, -0.2) is 13.1 Å². The van der Waals surface area contributed by atoms with E-state index in [2.05, 4.69) is 18.6 Å². The second-order valence-electron chi connectivity index (χ2n) is 3.64. The summed E-state index contributed by atoms with van der Waals surface area (Å²) >= 11 is 0. The second-order valence-corrected chi connectivity index (χ2v) is 5.42. The first-order chi connectivity index (χ1) is 4.90. The highest BCUT2D eigenvalue weighted by molar-refractivity contribution is 7.88. The Balaban J connectivity index is 2.35. The van der Waals surface area contributed by atoms with Crippen LogP contribution in [0.25, 0.3) is 0 Å². The molecule has 0 aromatic heterocycles. The van der Waals surface area contributed by atoms with Gasteiger partial charge >= 0.3 is 0 Å². The van der Waals surface area contributed by atoms with Gasteiger partial charge in [-0.3, -0.25) is 0 Å². The number of hydrogen-bond acceptors (Lipinski definition) is 2. The van der Waals surface area contributed by atoms with Crippen molar-refractivity contribution in [3.8, 4) is 0 Å². The van der Waals surface area contributed by atoms with Gasteiger partial charge in [0.05, 0.1) is 6.26 Å². The minimum Gasteiger partial charge on any atom is -0.213 e. The van der Waals surface area contributed by atoms with Gasteiger partial charge in [0.1, 0.15) is 0 Å². The summed E-state index contributed by atoms with van der Waals surface area (Å²) in [5.74, 6) is 1.15. The van der Waals surface area contributed by atoms with E-state index < -0.39 is 10.0 Å². The average Bonchev–Trinajstić information content (AvgIpc) is 2.40. The first kappa shape index (κ1) is 9.00. The summed E-state index contributed by atoms with van der Waals surface area (Å²) in [5, 5.41) is 0. The molecule has 1 aliphatic rings. The lowest BCUT2D eigenvalue weighted by Crippen LogP contribution is -2.26. The highest BCUT2D eigenvalue weighted by Gasteiger charge is 2.40. The molecule has 0 unspecified atom stereocenters. The summed E-state index contributed by atoms with van der Waals surface area (Å²) in [6, 6.07) is 0.213. The molecule has 1 rings (SSSR count). The normalized spacial score (nSPS) is 30.9. The summed E-state index contributed by atoms with van der Waals surface area (Å²) in [7, 11) is -2.98. The molecular formula is C7H15NO2S. The van der Waals surface area contributed by atoms with Crippen LogP contribution in [0.1, 0.15) is 20.3 Å². The molecule has 0 spiro atoms. The third-order valence-corrected chi connectivity index (χ3v) is 2.79. The van der Waals surface area contributed by atoms with Crippen molar-refractivity contribution < 1.29 is 8.42 Å². The Morgan fingerprint density at radius 3 is 2.27 bits per heavy atom.